The second kappa shape index (κ2) is 6.18. The summed E-state index contributed by atoms with van der Waals surface area (Å²) in [6.45, 7) is 1.09. The van der Waals surface area contributed by atoms with Crippen molar-refractivity contribution < 1.29 is 8.81 Å². The lowest BCUT2D eigenvalue weighted by molar-refractivity contribution is 0.167. The average Bonchev–Trinajstić information content (AvgIpc) is 3.15. The summed E-state index contributed by atoms with van der Waals surface area (Å²) in [5.74, 6) is 0.563. The van der Waals surface area contributed by atoms with Crippen molar-refractivity contribution in [3.05, 3.63) is 58.8 Å². The van der Waals surface area contributed by atoms with Crippen molar-refractivity contribution in [2.75, 3.05) is 6.54 Å². The first-order valence-corrected chi connectivity index (χ1v) is 7.49. The molecule has 0 saturated heterocycles. The maximum atomic E-state index is 13.6. The van der Waals surface area contributed by atoms with Crippen molar-refractivity contribution in [2.24, 2.45) is 5.73 Å². The second-order valence-corrected chi connectivity index (χ2v) is 5.87. The molecule has 3 rings (SSSR count). The number of hydrogen-bond donors (Lipinski definition) is 1. The molecule has 1 heterocycles. The van der Waals surface area contributed by atoms with Gasteiger partial charge in [0.25, 0.3) is 0 Å². The summed E-state index contributed by atoms with van der Waals surface area (Å²) >= 11 is 5.98. The van der Waals surface area contributed by atoms with Gasteiger partial charge in [-0.2, -0.15) is 0 Å². The van der Waals surface area contributed by atoms with Crippen LogP contribution in [0.25, 0.3) is 0 Å². The summed E-state index contributed by atoms with van der Waals surface area (Å²) in [5.41, 5.74) is 6.78. The zero-order valence-corrected chi connectivity index (χ0v) is 12.4. The molecule has 0 aliphatic heterocycles. The molecule has 2 N–H and O–H groups in total. The molecule has 0 bridgehead atoms. The Hall–Kier alpha value is -1.36. The molecule has 1 saturated carbocycles. The van der Waals surface area contributed by atoms with E-state index in [1.165, 1.54) is 12.1 Å². The summed E-state index contributed by atoms with van der Waals surface area (Å²) in [5, 5.41) is 0.400. The molecule has 1 aliphatic rings. The SMILES string of the molecule is NCC(c1cc(F)cc(Cl)c1)N(Cc1ccco1)C1CC1. The number of rotatable bonds is 6. The zero-order chi connectivity index (χ0) is 14.8. The molecule has 1 atom stereocenters. The monoisotopic (exact) mass is 308 g/mol. The van der Waals surface area contributed by atoms with Crippen LogP contribution in [0.3, 0.4) is 0 Å². The molecule has 2 aromatic rings. The van der Waals surface area contributed by atoms with E-state index >= 15 is 0 Å². The molecular formula is C16H18ClFN2O. The molecule has 0 radical (unpaired) electrons. The van der Waals surface area contributed by atoms with Gasteiger partial charge in [0.2, 0.25) is 0 Å². The van der Waals surface area contributed by atoms with Crippen LogP contribution in [0.2, 0.25) is 5.02 Å². The Labute approximate surface area is 128 Å². The number of nitrogens with zero attached hydrogens (tertiary/aromatic N) is 1. The molecule has 1 fully saturated rings. The topological polar surface area (TPSA) is 42.4 Å². The summed E-state index contributed by atoms with van der Waals surface area (Å²) in [4.78, 5) is 2.28. The fourth-order valence-corrected chi connectivity index (χ4v) is 2.94. The Morgan fingerprint density at radius 2 is 2.19 bits per heavy atom. The van der Waals surface area contributed by atoms with E-state index in [0.29, 0.717) is 24.2 Å². The molecule has 21 heavy (non-hydrogen) atoms. The lowest BCUT2D eigenvalue weighted by Crippen LogP contribution is -2.35. The van der Waals surface area contributed by atoms with Gasteiger partial charge in [0, 0.05) is 23.7 Å². The first-order valence-electron chi connectivity index (χ1n) is 7.11. The minimum atomic E-state index is -0.329. The minimum absolute atomic E-state index is 0.0594. The molecule has 5 heteroatoms. The van der Waals surface area contributed by atoms with E-state index in [9.17, 15) is 4.39 Å². The maximum Gasteiger partial charge on any atom is 0.125 e. The lowest BCUT2D eigenvalue weighted by atomic mass is 10.0. The van der Waals surface area contributed by atoms with Gasteiger partial charge in [-0.3, -0.25) is 4.90 Å². The van der Waals surface area contributed by atoms with Crippen LogP contribution in [-0.4, -0.2) is 17.5 Å². The second-order valence-electron chi connectivity index (χ2n) is 5.44. The van der Waals surface area contributed by atoms with Crippen molar-refractivity contribution >= 4 is 11.6 Å². The Morgan fingerprint density at radius 1 is 1.38 bits per heavy atom. The Bertz CT molecular complexity index is 578. The molecule has 1 aromatic heterocycles. The highest BCUT2D eigenvalue weighted by atomic mass is 35.5. The van der Waals surface area contributed by atoms with Crippen LogP contribution >= 0.6 is 11.6 Å². The number of nitrogens with two attached hydrogens (primary N) is 1. The predicted molar refractivity (Wildman–Crippen MR) is 80.5 cm³/mol. The number of benzene rings is 1. The van der Waals surface area contributed by atoms with Gasteiger partial charge in [0.1, 0.15) is 11.6 Å². The summed E-state index contributed by atoms with van der Waals surface area (Å²) < 4.78 is 19.1. The summed E-state index contributed by atoms with van der Waals surface area (Å²) in [6, 6.07) is 8.85. The smallest absolute Gasteiger partial charge is 0.125 e. The van der Waals surface area contributed by atoms with E-state index in [1.54, 1.807) is 12.3 Å². The highest BCUT2D eigenvalue weighted by Crippen LogP contribution is 2.36. The van der Waals surface area contributed by atoms with Gasteiger partial charge in [-0.05, 0) is 48.7 Å². The van der Waals surface area contributed by atoms with Crippen molar-refractivity contribution in [3.8, 4) is 0 Å². The van der Waals surface area contributed by atoms with Crippen LogP contribution in [-0.2, 0) is 6.54 Å². The van der Waals surface area contributed by atoms with Crippen molar-refractivity contribution in [2.45, 2.75) is 31.5 Å². The van der Waals surface area contributed by atoms with E-state index in [-0.39, 0.29) is 11.9 Å². The fraction of sp³-hybridized carbons (Fsp3) is 0.375. The van der Waals surface area contributed by atoms with Gasteiger partial charge in [-0.25, -0.2) is 4.39 Å². The molecule has 1 aromatic carbocycles. The highest BCUT2D eigenvalue weighted by Gasteiger charge is 2.34. The van der Waals surface area contributed by atoms with E-state index in [4.69, 9.17) is 21.8 Å². The van der Waals surface area contributed by atoms with Crippen molar-refractivity contribution in [1.82, 2.24) is 4.90 Å². The molecular weight excluding hydrogens is 291 g/mol. The van der Waals surface area contributed by atoms with Crippen molar-refractivity contribution in [1.29, 1.82) is 0 Å². The highest BCUT2D eigenvalue weighted by molar-refractivity contribution is 6.30. The predicted octanol–water partition coefficient (Wildman–Crippen LogP) is 3.74. The van der Waals surface area contributed by atoms with Crippen LogP contribution in [0.5, 0.6) is 0 Å². The van der Waals surface area contributed by atoms with Gasteiger partial charge in [-0.1, -0.05) is 11.6 Å². The van der Waals surface area contributed by atoms with E-state index in [0.717, 1.165) is 24.2 Å². The van der Waals surface area contributed by atoms with Gasteiger partial charge in [-0.15, -0.1) is 0 Å². The van der Waals surface area contributed by atoms with Gasteiger partial charge in [0.15, 0.2) is 0 Å². The van der Waals surface area contributed by atoms with Crippen molar-refractivity contribution in [3.63, 3.8) is 0 Å². The Morgan fingerprint density at radius 3 is 2.76 bits per heavy atom. The third-order valence-corrected chi connectivity index (χ3v) is 4.05. The van der Waals surface area contributed by atoms with Crippen LogP contribution in [0, 0.1) is 5.82 Å². The standard InChI is InChI=1S/C16H18ClFN2O/c17-12-6-11(7-13(18)8-12)16(9-19)20(14-3-4-14)10-15-2-1-5-21-15/h1-2,5-8,14,16H,3-4,9-10,19H2. The Balaban J connectivity index is 1.87. The summed E-state index contributed by atoms with van der Waals surface area (Å²) in [7, 11) is 0. The first-order chi connectivity index (χ1) is 10.2. The molecule has 0 spiro atoms. The lowest BCUT2D eigenvalue weighted by Gasteiger charge is -2.30. The molecule has 1 aliphatic carbocycles. The normalized spacial score (nSPS) is 16.4. The third-order valence-electron chi connectivity index (χ3n) is 3.83. The molecule has 0 amide bonds. The molecule has 112 valence electrons. The van der Waals surface area contributed by atoms with E-state index < -0.39 is 0 Å². The molecule has 3 nitrogen and oxygen atoms in total. The quantitative estimate of drug-likeness (QED) is 0.884. The van der Waals surface area contributed by atoms with E-state index in [2.05, 4.69) is 4.90 Å². The number of hydrogen-bond acceptors (Lipinski definition) is 3. The van der Waals surface area contributed by atoms with E-state index in [1.807, 2.05) is 12.1 Å². The molecule has 1 unspecified atom stereocenters. The maximum absolute atomic E-state index is 13.6. The first kappa shape index (κ1) is 14.6. The number of furan rings is 1. The summed E-state index contributed by atoms with van der Waals surface area (Å²) in [6.07, 6.45) is 3.94. The van der Waals surface area contributed by atoms with Crippen LogP contribution in [0.4, 0.5) is 4.39 Å². The third kappa shape index (κ3) is 3.46. The fourth-order valence-electron chi connectivity index (χ4n) is 2.71. The van der Waals surface area contributed by atoms with Gasteiger partial charge >= 0.3 is 0 Å². The van der Waals surface area contributed by atoms with Crippen LogP contribution in [0.1, 0.15) is 30.2 Å². The Kier molecular flexibility index (Phi) is 4.29. The van der Waals surface area contributed by atoms with Gasteiger partial charge < -0.3 is 10.2 Å². The largest absolute Gasteiger partial charge is 0.468 e. The van der Waals surface area contributed by atoms with Crippen LogP contribution < -0.4 is 5.73 Å². The zero-order valence-electron chi connectivity index (χ0n) is 11.6. The number of halogens is 2. The van der Waals surface area contributed by atoms with Crippen LogP contribution in [0.15, 0.2) is 41.0 Å². The minimum Gasteiger partial charge on any atom is -0.468 e. The van der Waals surface area contributed by atoms with Gasteiger partial charge in [0.05, 0.1) is 12.8 Å². The average molecular weight is 309 g/mol.